The molecule has 0 aliphatic heterocycles. The molecule has 2 rings (SSSR count). The minimum Gasteiger partial charge on any atom is -0.385 e. The van der Waals surface area contributed by atoms with Crippen LogP contribution in [0.3, 0.4) is 0 Å². The Balaban J connectivity index is 2.33. The van der Waals surface area contributed by atoms with Gasteiger partial charge >= 0.3 is 0 Å². The molecule has 0 aliphatic carbocycles. The van der Waals surface area contributed by atoms with Crippen LogP contribution in [0.4, 0.5) is 15.8 Å². The predicted octanol–water partition coefficient (Wildman–Crippen LogP) is 4.50. The maximum atomic E-state index is 13.7. The largest absolute Gasteiger partial charge is 0.385 e. The highest BCUT2D eigenvalue weighted by Crippen LogP contribution is 2.26. The highest BCUT2D eigenvalue weighted by atomic mass is 79.9. The molecule has 21 heavy (non-hydrogen) atoms. The molecule has 0 unspecified atom stereocenters. The van der Waals surface area contributed by atoms with Gasteiger partial charge in [0.05, 0.1) is 11.3 Å². The summed E-state index contributed by atoms with van der Waals surface area (Å²) < 4.78 is 14.7. The van der Waals surface area contributed by atoms with Crippen molar-refractivity contribution in [2.75, 3.05) is 17.7 Å². The monoisotopic (exact) mass is 350 g/mol. The van der Waals surface area contributed by atoms with Crippen molar-refractivity contribution in [3.05, 3.63) is 57.3 Å². The second kappa shape index (κ2) is 6.26. The predicted molar refractivity (Wildman–Crippen MR) is 87.5 cm³/mol. The maximum Gasteiger partial charge on any atom is 0.257 e. The van der Waals surface area contributed by atoms with Crippen molar-refractivity contribution < 1.29 is 9.18 Å². The number of amides is 1. The average molecular weight is 351 g/mol. The molecule has 2 aromatic rings. The van der Waals surface area contributed by atoms with Gasteiger partial charge < -0.3 is 10.6 Å². The number of anilines is 2. The van der Waals surface area contributed by atoms with Crippen molar-refractivity contribution >= 4 is 33.2 Å². The van der Waals surface area contributed by atoms with Crippen LogP contribution in [0.2, 0.25) is 0 Å². The van der Waals surface area contributed by atoms with Crippen LogP contribution in [-0.4, -0.2) is 13.0 Å². The van der Waals surface area contributed by atoms with E-state index in [1.807, 2.05) is 26.0 Å². The van der Waals surface area contributed by atoms with E-state index in [-0.39, 0.29) is 17.2 Å². The summed E-state index contributed by atoms with van der Waals surface area (Å²) >= 11 is 3.48. The second-order valence-electron chi connectivity index (χ2n) is 4.79. The first-order chi connectivity index (χ1) is 9.93. The third kappa shape index (κ3) is 3.24. The van der Waals surface area contributed by atoms with E-state index in [1.54, 1.807) is 13.1 Å². The third-order valence-corrected chi connectivity index (χ3v) is 4.45. The van der Waals surface area contributed by atoms with E-state index in [0.717, 1.165) is 15.6 Å². The molecule has 0 aliphatic rings. The van der Waals surface area contributed by atoms with Crippen LogP contribution in [0, 0.1) is 19.7 Å². The van der Waals surface area contributed by atoms with Gasteiger partial charge in [-0.1, -0.05) is 22.0 Å². The van der Waals surface area contributed by atoms with Crippen LogP contribution in [0.1, 0.15) is 21.5 Å². The number of hydrogen-bond acceptors (Lipinski definition) is 2. The Labute approximate surface area is 131 Å². The van der Waals surface area contributed by atoms with Crippen LogP contribution < -0.4 is 10.6 Å². The molecule has 0 fully saturated rings. The lowest BCUT2D eigenvalue weighted by Crippen LogP contribution is -2.15. The van der Waals surface area contributed by atoms with Crippen molar-refractivity contribution in [3.8, 4) is 0 Å². The average Bonchev–Trinajstić information content (AvgIpc) is 2.44. The fourth-order valence-electron chi connectivity index (χ4n) is 2.18. The quantitative estimate of drug-likeness (QED) is 0.855. The minimum atomic E-state index is -0.451. The van der Waals surface area contributed by atoms with Gasteiger partial charge in [0, 0.05) is 17.2 Å². The zero-order valence-electron chi connectivity index (χ0n) is 12.1. The zero-order valence-corrected chi connectivity index (χ0v) is 13.6. The number of halogens is 2. The van der Waals surface area contributed by atoms with Crippen LogP contribution in [0.15, 0.2) is 34.8 Å². The number of aryl methyl sites for hydroxylation is 2. The summed E-state index contributed by atoms with van der Waals surface area (Å²) in [5.74, 6) is -0.798. The van der Waals surface area contributed by atoms with Gasteiger partial charge in [0.2, 0.25) is 0 Å². The van der Waals surface area contributed by atoms with E-state index in [4.69, 9.17) is 0 Å². The van der Waals surface area contributed by atoms with Crippen LogP contribution in [0.5, 0.6) is 0 Å². The summed E-state index contributed by atoms with van der Waals surface area (Å²) in [4.78, 5) is 12.3. The molecule has 0 saturated carbocycles. The number of hydrogen-bond donors (Lipinski definition) is 2. The highest BCUT2D eigenvalue weighted by molar-refractivity contribution is 9.10. The Hall–Kier alpha value is -1.88. The molecule has 0 heterocycles. The van der Waals surface area contributed by atoms with Crippen molar-refractivity contribution in [3.63, 3.8) is 0 Å². The summed E-state index contributed by atoms with van der Waals surface area (Å²) in [5.41, 5.74) is 3.21. The van der Waals surface area contributed by atoms with Gasteiger partial charge in [0.1, 0.15) is 5.82 Å². The molecule has 2 aromatic carbocycles. The summed E-state index contributed by atoms with van der Waals surface area (Å²) in [6.07, 6.45) is 0. The van der Waals surface area contributed by atoms with Gasteiger partial charge in [-0.2, -0.15) is 0 Å². The molecule has 0 atom stereocenters. The molecule has 2 N–H and O–H groups in total. The van der Waals surface area contributed by atoms with Crippen LogP contribution in [0.25, 0.3) is 0 Å². The standard InChI is InChI=1S/C16H16BrFN2O/c1-9-7-11(8-10(2)14(9)17)20-16(21)12-5-4-6-13(18)15(12)19-3/h4-8,19H,1-3H3,(H,20,21). The highest BCUT2D eigenvalue weighted by Gasteiger charge is 2.14. The number of para-hydroxylation sites is 1. The first-order valence-corrected chi connectivity index (χ1v) is 7.27. The van der Waals surface area contributed by atoms with Gasteiger partial charge in [-0.15, -0.1) is 0 Å². The second-order valence-corrected chi connectivity index (χ2v) is 5.58. The number of nitrogens with one attached hydrogen (secondary N) is 2. The van der Waals surface area contributed by atoms with Crippen molar-refractivity contribution in [2.45, 2.75) is 13.8 Å². The summed E-state index contributed by atoms with van der Waals surface area (Å²) in [6, 6.07) is 8.16. The van der Waals surface area contributed by atoms with Gasteiger partial charge in [0.15, 0.2) is 0 Å². The lowest BCUT2D eigenvalue weighted by molar-refractivity contribution is 0.102. The number of benzene rings is 2. The van der Waals surface area contributed by atoms with E-state index in [1.165, 1.54) is 12.1 Å². The van der Waals surface area contributed by atoms with Crippen molar-refractivity contribution in [1.82, 2.24) is 0 Å². The smallest absolute Gasteiger partial charge is 0.257 e. The van der Waals surface area contributed by atoms with Gasteiger partial charge in [-0.05, 0) is 49.2 Å². The molecule has 1 amide bonds. The van der Waals surface area contributed by atoms with Crippen molar-refractivity contribution in [1.29, 1.82) is 0 Å². The molecule has 3 nitrogen and oxygen atoms in total. The molecule has 5 heteroatoms. The van der Waals surface area contributed by atoms with Gasteiger partial charge in [-0.3, -0.25) is 4.79 Å². The Kier molecular flexibility index (Phi) is 4.63. The Morgan fingerprint density at radius 1 is 1.19 bits per heavy atom. The normalized spacial score (nSPS) is 10.3. The topological polar surface area (TPSA) is 41.1 Å². The van der Waals surface area contributed by atoms with Crippen LogP contribution in [-0.2, 0) is 0 Å². The number of carbonyl (C=O) groups excluding carboxylic acids is 1. The molecule has 0 radical (unpaired) electrons. The Morgan fingerprint density at radius 3 is 2.38 bits per heavy atom. The first-order valence-electron chi connectivity index (χ1n) is 6.48. The van der Waals surface area contributed by atoms with E-state index >= 15 is 0 Å². The Morgan fingerprint density at radius 2 is 1.81 bits per heavy atom. The molecule has 0 bridgehead atoms. The maximum absolute atomic E-state index is 13.7. The fourth-order valence-corrected chi connectivity index (χ4v) is 2.41. The molecule has 0 spiro atoms. The lowest BCUT2D eigenvalue weighted by Gasteiger charge is -2.12. The third-order valence-electron chi connectivity index (χ3n) is 3.20. The SMILES string of the molecule is CNc1c(F)cccc1C(=O)Nc1cc(C)c(Br)c(C)c1. The van der Waals surface area contributed by atoms with E-state index in [9.17, 15) is 9.18 Å². The first kappa shape index (κ1) is 15.5. The van der Waals surface area contributed by atoms with E-state index < -0.39 is 5.82 Å². The summed E-state index contributed by atoms with van der Waals surface area (Å²) in [7, 11) is 1.59. The zero-order chi connectivity index (χ0) is 15.6. The van der Waals surface area contributed by atoms with Crippen LogP contribution >= 0.6 is 15.9 Å². The Bertz CT molecular complexity index is 678. The molecule has 0 aromatic heterocycles. The van der Waals surface area contributed by atoms with Crippen molar-refractivity contribution in [2.24, 2.45) is 0 Å². The van der Waals surface area contributed by atoms with Gasteiger partial charge in [-0.25, -0.2) is 4.39 Å². The van der Waals surface area contributed by atoms with Gasteiger partial charge in [0.25, 0.3) is 5.91 Å². The van der Waals surface area contributed by atoms with E-state index in [0.29, 0.717) is 5.69 Å². The lowest BCUT2D eigenvalue weighted by atomic mass is 10.1. The number of carbonyl (C=O) groups is 1. The summed E-state index contributed by atoms with van der Waals surface area (Å²) in [5, 5.41) is 5.52. The fraction of sp³-hybridized carbons (Fsp3) is 0.188. The molecular formula is C16H16BrFN2O. The molecule has 0 saturated heterocycles. The minimum absolute atomic E-state index is 0.195. The molecular weight excluding hydrogens is 335 g/mol. The number of rotatable bonds is 3. The molecule has 110 valence electrons. The summed E-state index contributed by atoms with van der Waals surface area (Å²) in [6.45, 7) is 3.90. The van der Waals surface area contributed by atoms with E-state index in [2.05, 4.69) is 26.6 Å².